The SMILES string of the molecule is COc1cccc(COc2ccc(Cl)cc2CCN)c1F. The van der Waals surface area contributed by atoms with E-state index in [1.165, 1.54) is 7.11 Å². The third kappa shape index (κ3) is 3.86. The molecule has 0 radical (unpaired) electrons. The molecule has 0 atom stereocenters. The van der Waals surface area contributed by atoms with E-state index >= 15 is 0 Å². The molecule has 0 aliphatic heterocycles. The quantitative estimate of drug-likeness (QED) is 0.887. The summed E-state index contributed by atoms with van der Waals surface area (Å²) in [6, 6.07) is 10.3. The molecule has 0 heterocycles. The third-order valence-corrected chi connectivity index (χ3v) is 3.32. The molecule has 2 aromatic rings. The Balaban J connectivity index is 2.16. The Morgan fingerprint density at radius 1 is 1.14 bits per heavy atom. The summed E-state index contributed by atoms with van der Waals surface area (Å²) >= 11 is 5.96. The minimum absolute atomic E-state index is 0.113. The van der Waals surface area contributed by atoms with Crippen molar-refractivity contribution in [3.63, 3.8) is 0 Å². The zero-order chi connectivity index (χ0) is 15.2. The molecule has 2 rings (SSSR count). The van der Waals surface area contributed by atoms with E-state index in [-0.39, 0.29) is 12.4 Å². The lowest BCUT2D eigenvalue weighted by Gasteiger charge is -2.13. The Morgan fingerprint density at radius 2 is 1.95 bits per heavy atom. The highest BCUT2D eigenvalue weighted by Gasteiger charge is 2.10. The predicted octanol–water partition coefficient (Wildman–Crippen LogP) is 3.57. The van der Waals surface area contributed by atoms with Gasteiger partial charge in [-0.15, -0.1) is 0 Å². The van der Waals surface area contributed by atoms with E-state index < -0.39 is 5.82 Å². The standard InChI is InChI=1S/C16H17ClFNO2/c1-20-15-4-2-3-12(16(15)18)10-21-14-6-5-13(17)9-11(14)7-8-19/h2-6,9H,7-8,10,19H2,1H3. The van der Waals surface area contributed by atoms with Gasteiger partial charge in [-0.1, -0.05) is 23.7 Å². The lowest BCUT2D eigenvalue weighted by atomic mass is 10.1. The van der Waals surface area contributed by atoms with Gasteiger partial charge >= 0.3 is 0 Å². The minimum atomic E-state index is -0.408. The van der Waals surface area contributed by atoms with E-state index in [0.29, 0.717) is 29.3 Å². The molecule has 2 aromatic carbocycles. The number of hydrogen-bond acceptors (Lipinski definition) is 3. The van der Waals surface area contributed by atoms with E-state index in [4.69, 9.17) is 26.8 Å². The largest absolute Gasteiger partial charge is 0.494 e. The average molecular weight is 310 g/mol. The van der Waals surface area contributed by atoms with Gasteiger partial charge in [-0.25, -0.2) is 4.39 Å². The van der Waals surface area contributed by atoms with Crippen LogP contribution >= 0.6 is 11.6 Å². The van der Waals surface area contributed by atoms with E-state index in [1.807, 2.05) is 6.07 Å². The van der Waals surface area contributed by atoms with Crippen LogP contribution in [0.3, 0.4) is 0 Å². The highest BCUT2D eigenvalue weighted by Crippen LogP contribution is 2.26. The predicted molar refractivity (Wildman–Crippen MR) is 81.5 cm³/mol. The molecule has 0 aromatic heterocycles. The average Bonchev–Trinajstić information content (AvgIpc) is 2.48. The van der Waals surface area contributed by atoms with Crippen LogP contribution < -0.4 is 15.2 Å². The molecule has 3 nitrogen and oxygen atoms in total. The summed E-state index contributed by atoms with van der Waals surface area (Å²) in [4.78, 5) is 0. The molecule has 0 bridgehead atoms. The second kappa shape index (κ2) is 7.29. The van der Waals surface area contributed by atoms with Gasteiger partial charge in [-0.3, -0.25) is 0 Å². The fraction of sp³-hybridized carbons (Fsp3) is 0.250. The molecule has 0 unspecified atom stereocenters. The van der Waals surface area contributed by atoms with Crippen molar-refractivity contribution in [1.29, 1.82) is 0 Å². The van der Waals surface area contributed by atoms with Crippen molar-refractivity contribution < 1.29 is 13.9 Å². The second-order valence-corrected chi connectivity index (χ2v) is 4.95. The van der Waals surface area contributed by atoms with Gasteiger partial charge in [-0.05, 0) is 42.8 Å². The number of rotatable bonds is 6. The van der Waals surface area contributed by atoms with Crippen LogP contribution in [0.1, 0.15) is 11.1 Å². The molecular weight excluding hydrogens is 293 g/mol. The van der Waals surface area contributed by atoms with Gasteiger partial charge < -0.3 is 15.2 Å². The first-order valence-electron chi connectivity index (χ1n) is 6.58. The lowest BCUT2D eigenvalue weighted by Crippen LogP contribution is -2.06. The van der Waals surface area contributed by atoms with Crippen LogP contribution in [-0.2, 0) is 13.0 Å². The van der Waals surface area contributed by atoms with Gasteiger partial charge in [0, 0.05) is 10.6 Å². The van der Waals surface area contributed by atoms with Gasteiger partial charge in [0.25, 0.3) is 0 Å². The molecule has 5 heteroatoms. The number of hydrogen-bond donors (Lipinski definition) is 1. The number of nitrogens with two attached hydrogens (primary N) is 1. The van der Waals surface area contributed by atoms with Crippen LogP contribution in [0.5, 0.6) is 11.5 Å². The normalized spacial score (nSPS) is 10.5. The van der Waals surface area contributed by atoms with Gasteiger partial charge in [0.05, 0.1) is 7.11 Å². The molecule has 0 aliphatic rings. The van der Waals surface area contributed by atoms with Gasteiger partial charge in [0.1, 0.15) is 12.4 Å². The maximum absolute atomic E-state index is 14.0. The minimum Gasteiger partial charge on any atom is -0.494 e. The summed E-state index contributed by atoms with van der Waals surface area (Å²) in [5.74, 6) is 0.454. The Kier molecular flexibility index (Phi) is 5.42. The van der Waals surface area contributed by atoms with Crippen LogP contribution in [0.15, 0.2) is 36.4 Å². The Hall–Kier alpha value is -1.78. The first-order chi connectivity index (χ1) is 10.2. The molecule has 0 aliphatic carbocycles. The Labute approximate surface area is 128 Å². The first kappa shape index (κ1) is 15.6. The molecule has 112 valence electrons. The number of ether oxygens (including phenoxy) is 2. The van der Waals surface area contributed by atoms with Gasteiger partial charge in [0.15, 0.2) is 11.6 Å². The van der Waals surface area contributed by atoms with Crippen molar-refractivity contribution in [2.45, 2.75) is 13.0 Å². The fourth-order valence-corrected chi connectivity index (χ4v) is 2.22. The number of halogens is 2. The van der Waals surface area contributed by atoms with E-state index in [9.17, 15) is 4.39 Å². The van der Waals surface area contributed by atoms with Crippen LogP contribution in [0.2, 0.25) is 5.02 Å². The summed E-state index contributed by atoms with van der Waals surface area (Å²) in [6.45, 7) is 0.604. The molecule has 0 fully saturated rings. The van der Waals surface area contributed by atoms with Crippen molar-refractivity contribution in [1.82, 2.24) is 0 Å². The summed E-state index contributed by atoms with van der Waals surface area (Å²) in [6.07, 6.45) is 0.649. The van der Waals surface area contributed by atoms with E-state index in [2.05, 4.69) is 0 Å². The lowest BCUT2D eigenvalue weighted by molar-refractivity contribution is 0.293. The zero-order valence-electron chi connectivity index (χ0n) is 11.7. The second-order valence-electron chi connectivity index (χ2n) is 4.51. The summed E-state index contributed by atoms with van der Waals surface area (Å²) in [7, 11) is 1.43. The smallest absolute Gasteiger partial charge is 0.171 e. The van der Waals surface area contributed by atoms with Gasteiger partial charge in [-0.2, -0.15) is 0 Å². The van der Waals surface area contributed by atoms with Crippen LogP contribution in [0.25, 0.3) is 0 Å². The van der Waals surface area contributed by atoms with Crippen LogP contribution in [0.4, 0.5) is 4.39 Å². The zero-order valence-corrected chi connectivity index (χ0v) is 12.5. The highest BCUT2D eigenvalue weighted by molar-refractivity contribution is 6.30. The van der Waals surface area contributed by atoms with Crippen molar-refractivity contribution in [3.8, 4) is 11.5 Å². The number of methoxy groups -OCH3 is 1. The fourth-order valence-electron chi connectivity index (χ4n) is 2.02. The molecule has 0 saturated heterocycles. The number of benzene rings is 2. The molecule has 0 spiro atoms. The Morgan fingerprint density at radius 3 is 2.67 bits per heavy atom. The summed E-state index contributed by atoms with van der Waals surface area (Å²) in [5, 5.41) is 0.623. The molecule has 2 N–H and O–H groups in total. The van der Waals surface area contributed by atoms with Crippen molar-refractivity contribution in [3.05, 3.63) is 58.4 Å². The van der Waals surface area contributed by atoms with Crippen molar-refractivity contribution in [2.24, 2.45) is 5.73 Å². The van der Waals surface area contributed by atoms with E-state index in [0.717, 1.165) is 5.56 Å². The van der Waals surface area contributed by atoms with Gasteiger partial charge in [0.2, 0.25) is 0 Å². The molecule has 0 saturated carbocycles. The summed E-state index contributed by atoms with van der Waals surface area (Å²) in [5.41, 5.74) is 6.92. The van der Waals surface area contributed by atoms with Crippen molar-refractivity contribution in [2.75, 3.05) is 13.7 Å². The monoisotopic (exact) mass is 309 g/mol. The molecule has 0 amide bonds. The highest BCUT2D eigenvalue weighted by atomic mass is 35.5. The molecular formula is C16H17ClFNO2. The maximum Gasteiger partial charge on any atom is 0.171 e. The van der Waals surface area contributed by atoms with E-state index in [1.54, 1.807) is 30.3 Å². The van der Waals surface area contributed by atoms with Crippen LogP contribution in [0, 0.1) is 5.82 Å². The third-order valence-electron chi connectivity index (χ3n) is 3.08. The maximum atomic E-state index is 14.0. The first-order valence-corrected chi connectivity index (χ1v) is 6.96. The van der Waals surface area contributed by atoms with Crippen LogP contribution in [-0.4, -0.2) is 13.7 Å². The topological polar surface area (TPSA) is 44.5 Å². The molecule has 21 heavy (non-hydrogen) atoms. The van der Waals surface area contributed by atoms with Crippen molar-refractivity contribution >= 4 is 11.6 Å². The summed E-state index contributed by atoms with van der Waals surface area (Å²) < 4.78 is 24.7. The Bertz CT molecular complexity index is 619.